The van der Waals surface area contributed by atoms with Crippen LogP contribution in [0.4, 0.5) is 0 Å². The van der Waals surface area contributed by atoms with Gasteiger partial charge in [0.05, 0.1) is 25.7 Å². The van der Waals surface area contributed by atoms with Crippen LogP contribution in [0, 0.1) is 11.3 Å². The molecule has 6 nitrogen and oxygen atoms in total. The van der Waals surface area contributed by atoms with E-state index >= 15 is 0 Å². The fourth-order valence-corrected chi connectivity index (χ4v) is 2.46. The largest absolute Gasteiger partial charge is 0.379 e. The van der Waals surface area contributed by atoms with Crippen LogP contribution in [0.25, 0.3) is 0 Å². The van der Waals surface area contributed by atoms with Crippen LogP contribution in [0.15, 0.2) is 0 Å². The van der Waals surface area contributed by atoms with Crippen molar-refractivity contribution in [3.8, 4) is 6.07 Å². The van der Waals surface area contributed by atoms with Gasteiger partial charge in [0, 0.05) is 51.7 Å². The van der Waals surface area contributed by atoms with Gasteiger partial charge >= 0.3 is 0 Å². The minimum absolute atomic E-state index is 0.159. The van der Waals surface area contributed by atoms with Crippen LogP contribution < -0.4 is 5.32 Å². The molecule has 1 heterocycles. The standard InChI is InChI=1S/C15H26N4O2/c16-5-1-7-19(9-8-18-10-12-21-13-11-18)15(20)4-6-17-14-2-3-14/h14,17H,1-4,6-13H2. The molecule has 0 spiro atoms. The number of rotatable bonds is 9. The van der Waals surface area contributed by atoms with Crippen molar-refractivity contribution >= 4 is 5.91 Å². The number of nitriles is 1. The maximum Gasteiger partial charge on any atom is 0.223 e. The summed E-state index contributed by atoms with van der Waals surface area (Å²) in [6.45, 7) is 6.30. The van der Waals surface area contributed by atoms with Gasteiger partial charge in [0.2, 0.25) is 5.91 Å². The fourth-order valence-electron chi connectivity index (χ4n) is 2.46. The Bertz CT molecular complexity index is 359. The van der Waals surface area contributed by atoms with Gasteiger partial charge in [-0.15, -0.1) is 0 Å². The van der Waals surface area contributed by atoms with Gasteiger partial charge in [-0.2, -0.15) is 5.26 Å². The first-order valence-corrected chi connectivity index (χ1v) is 7.98. The molecule has 1 aliphatic carbocycles. The first kappa shape index (κ1) is 16.2. The molecule has 21 heavy (non-hydrogen) atoms. The monoisotopic (exact) mass is 294 g/mol. The van der Waals surface area contributed by atoms with Crippen molar-refractivity contribution in [3.63, 3.8) is 0 Å². The van der Waals surface area contributed by atoms with Gasteiger partial charge in [0.15, 0.2) is 0 Å². The quantitative estimate of drug-likeness (QED) is 0.658. The lowest BCUT2D eigenvalue weighted by Gasteiger charge is -2.30. The van der Waals surface area contributed by atoms with E-state index in [4.69, 9.17) is 10.00 Å². The molecular formula is C15H26N4O2. The average Bonchev–Trinajstić information content (AvgIpc) is 3.32. The number of carbonyl (C=O) groups excluding carboxylic acids is 1. The van der Waals surface area contributed by atoms with Crippen LogP contribution in [-0.4, -0.2) is 74.2 Å². The Kier molecular flexibility index (Phi) is 6.93. The minimum Gasteiger partial charge on any atom is -0.379 e. The van der Waals surface area contributed by atoms with Crippen molar-refractivity contribution in [2.45, 2.75) is 31.7 Å². The van der Waals surface area contributed by atoms with Crippen LogP contribution in [0.3, 0.4) is 0 Å². The molecule has 0 atom stereocenters. The molecule has 0 unspecified atom stereocenters. The lowest BCUT2D eigenvalue weighted by molar-refractivity contribution is -0.131. The Balaban J connectivity index is 1.69. The van der Waals surface area contributed by atoms with Crippen molar-refractivity contribution in [2.75, 3.05) is 52.5 Å². The molecule has 1 amide bonds. The molecule has 1 aliphatic heterocycles. The van der Waals surface area contributed by atoms with Crippen molar-refractivity contribution in [2.24, 2.45) is 0 Å². The summed E-state index contributed by atoms with van der Waals surface area (Å²) in [6.07, 6.45) is 3.42. The summed E-state index contributed by atoms with van der Waals surface area (Å²) >= 11 is 0. The molecule has 0 aromatic rings. The molecule has 1 saturated carbocycles. The van der Waals surface area contributed by atoms with E-state index in [1.165, 1.54) is 12.8 Å². The Morgan fingerprint density at radius 3 is 2.76 bits per heavy atom. The number of hydrogen-bond acceptors (Lipinski definition) is 5. The summed E-state index contributed by atoms with van der Waals surface area (Å²) in [4.78, 5) is 16.4. The molecule has 0 aromatic heterocycles. The zero-order valence-electron chi connectivity index (χ0n) is 12.7. The third-order valence-corrected chi connectivity index (χ3v) is 3.99. The van der Waals surface area contributed by atoms with E-state index in [0.717, 1.165) is 39.4 Å². The predicted octanol–water partition coefficient (Wildman–Crippen LogP) is 0.203. The molecule has 2 aliphatic rings. The summed E-state index contributed by atoms with van der Waals surface area (Å²) in [5, 5.41) is 12.1. The van der Waals surface area contributed by atoms with E-state index < -0.39 is 0 Å². The van der Waals surface area contributed by atoms with Crippen molar-refractivity contribution in [1.82, 2.24) is 15.1 Å². The van der Waals surface area contributed by atoms with Gasteiger partial charge in [0.25, 0.3) is 0 Å². The Morgan fingerprint density at radius 1 is 1.33 bits per heavy atom. The van der Waals surface area contributed by atoms with Gasteiger partial charge in [-0.1, -0.05) is 0 Å². The van der Waals surface area contributed by atoms with E-state index in [1.54, 1.807) is 0 Å². The van der Waals surface area contributed by atoms with Crippen molar-refractivity contribution < 1.29 is 9.53 Å². The van der Waals surface area contributed by atoms with Crippen LogP contribution in [0.1, 0.15) is 25.7 Å². The highest BCUT2D eigenvalue weighted by molar-refractivity contribution is 5.76. The van der Waals surface area contributed by atoms with Crippen LogP contribution in [-0.2, 0) is 9.53 Å². The zero-order valence-corrected chi connectivity index (χ0v) is 12.7. The first-order chi connectivity index (χ1) is 10.3. The molecule has 1 saturated heterocycles. The van der Waals surface area contributed by atoms with Crippen molar-refractivity contribution in [3.05, 3.63) is 0 Å². The molecule has 0 radical (unpaired) electrons. The zero-order chi connectivity index (χ0) is 14.9. The van der Waals surface area contributed by atoms with Crippen LogP contribution in [0.5, 0.6) is 0 Å². The maximum atomic E-state index is 12.3. The van der Waals surface area contributed by atoms with Crippen LogP contribution in [0.2, 0.25) is 0 Å². The third-order valence-electron chi connectivity index (χ3n) is 3.99. The first-order valence-electron chi connectivity index (χ1n) is 7.98. The Morgan fingerprint density at radius 2 is 2.10 bits per heavy atom. The Labute approximate surface area is 127 Å². The van der Waals surface area contributed by atoms with E-state index in [-0.39, 0.29) is 5.91 Å². The highest BCUT2D eigenvalue weighted by Gasteiger charge is 2.21. The van der Waals surface area contributed by atoms with Gasteiger partial charge in [0.1, 0.15) is 0 Å². The lowest BCUT2D eigenvalue weighted by Crippen LogP contribution is -2.43. The number of carbonyl (C=O) groups is 1. The number of ether oxygens (including phenoxy) is 1. The topological polar surface area (TPSA) is 68.6 Å². The van der Waals surface area contributed by atoms with E-state index in [0.29, 0.717) is 32.0 Å². The molecule has 0 aromatic carbocycles. The second kappa shape index (κ2) is 8.98. The highest BCUT2D eigenvalue weighted by atomic mass is 16.5. The number of nitrogens with zero attached hydrogens (tertiary/aromatic N) is 3. The summed E-state index contributed by atoms with van der Waals surface area (Å²) in [6, 6.07) is 2.77. The van der Waals surface area contributed by atoms with E-state index in [1.807, 2.05) is 4.90 Å². The molecule has 118 valence electrons. The lowest BCUT2D eigenvalue weighted by atomic mass is 10.3. The van der Waals surface area contributed by atoms with Crippen LogP contribution >= 0.6 is 0 Å². The molecule has 0 bridgehead atoms. The summed E-state index contributed by atoms with van der Waals surface area (Å²) in [5.41, 5.74) is 0. The summed E-state index contributed by atoms with van der Waals surface area (Å²) < 4.78 is 5.33. The van der Waals surface area contributed by atoms with Gasteiger partial charge in [-0.3, -0.25) is 9.69 Å². The van der Waals surface area contributed by atoms with E-state index in [9.17, 15) is 4.79 Å². The van der Waals surface area contributed by atoms with E-state index in [2.05, 4.69) is 16.3 Å². The smallest absolute Gasteiger partial charge is 0.223 e. The van der Waals surface area contributed by atoms with Gasteiger partial charge < -0.3 is 15.0 Å². The van der Waals surface area contributed by atoms with Gasteiger partial charge in [-0.25, -0.2) is 0 Å². The SMILES string of the molecule is N#CCCN(CCN1CCOCC1)C(=O)CCNC1CC1. The predicted molar refractivity (Wildman–Crippen MR) is 79.7 cm³/mol. The summed E-state index contributed by atoms with van der Waals surface area (Å²) in [5.74, 6) is 0.159. The fraction of sp³-hybridized carbons (Fsp3) is 0.867. The number of morpholine rings is 1. The Hall–Kier alpha value is -1.16. The second-order valence-corrected chi connectivity index (χ2v) is 5.72. The molecule has 1 N–H and O–H groups in total. The molecule has 2 rings (SSSR count). The number of hydrogen-bond donors (Lipinski definition) is 1. The number of nitrogens with one attached hydrogen (secondary N) is 1. The highest BCUT2D eigenvalue weighted by Crippen LogP contribution is 2.18. The third kappa shape index (κ3) is 6.42. The minimum atomic E-state index is 0.159. The average molecular weight is 294 g/mol. The number of amides is 1. The maximum absolute atomic E-state index is 12.3. The molecule has 6 heteroatoms. The second-order valence-electron chi connectivity index (χ2n) is 5.72. The summed E-state index contributed by atoms with van der Waals surface area (Å²) in [7, 11) is 0. The van der Waals surface area contributed by atoms with Crippen molar-refractivity contribution in [1.29, 1.82) is 5.26 Å². The normalized spacial score (nSPS) is 19.2. The molecular weight excluding hydrogens is 268 g/mol. The molecule has 2 fully saturated rings. The van der Waals surface area contributed by atoms with Gasteiger partial charge in [-0.05, 0) is 12.8 Å².